The van der Waals surface area contributed by atoms with Crippen molar-refractivity contribution in [1.82, 2.24) is 20.1 Å². The molecule has 27 heavy (non-hydrogen) atoms. The molecule has 138 valence electrons. The Labute approximate surface area is 163 Å². The van der Waals surface area contributed by atoms with Gasteiger partial charge in [-0.05, 0) is 63.1 Å². The lowest BCUT2D eigenvalue weighted by molar-refractivity contribution is 0.0951. The normalized spacial score (nSPS) is 13.8. The number of halogens is 1. The van der Waals surface area contributed by atoms with Gasteiger partial charge < -0.3 is 5.32 Å². The molecule has 1 aliphatic rings. The Morgan fingerprint density at radius 2 is 1.96 bits per heavy atom. The summed E-state index contributed by atoms with van der Waals surface area (Å²) in [5.74, 6) is -0.0508. The van der Waals surface area contributed by atoms with Crippen molar-refractivity contribution >= 4 is 17.5 Å². The molecule has 0 bridgehead atoms. The lowest BCUT2D eigenvalue weighted by Crippen LogP contribution is -2.25. The predicted molar refractivity (Wildman–Crippen MR) is 107 cm³/mol. The van der Waals surface area contributed by atoms with Crippen molar-refractivity contribution in [1.29, 1.82) is 0 Å². The first-order valence-corrected chi connectivity index (χ1v) is 9.51. The highest BCUT2D eigenvalue weighted by Crippen LogP contribution is 2.30. The maximum atomic E-state index is 12.7. The topological polar surface area (TPSA) is 59.8 Å². The fourth-order valence-corrected chi connectivity index (χ4v) is 3.16. The summed E-state index contributed by atoms with van der Waals surface area (Å²) in [5.41, 5.74) is 4.19. The van der Waals surface area contributed by atoms with Crippen LogP contribution in [0, 0.1) is 0 Å². The van der Waals surface area contributed by atoms with Crippen molar-refractivity contribution in [3.8, 4) is 22.5 Å². The molecular formula is C21H21ClN4O. The fourth-order valence-electron chi connectivity index (χ4n) is 3.05. The van der Waals surface area contributed by atoms with E-state index in [2.05, 4.69) is 29.2 Å². The summed E-state index contributed by atoms with van der Waals surface area (Å²) in [6.07, 6.45) is 5.51. The quantitative estimate of drug-likeness (QED) is 0.695. The van der Waals surface area contributed by atoms with Crippen LogP contribution in [0.5, 0.6) is 0 Å². The highest BCUT2D eigenvalue weighted by atomic mass is 35.5. The molecule has 0 unspecified atom stereocenters. The molecule has 2 heterocycles. The zero-order valence-corrected chi connectivity index (χ0v) is 16.1. The van der Waals surface area contributed by atoms with E-state index in [4.69, 9.17) is 11.6 Å². The molecule has 1 amide bonds. The molecule has 0 saturated heterocycles. The van der Waals surface area contributed by atoms with Gasteiger partial charge in [0.05, 0.1) is 16.4 Å². The van der Waals surface area contributed by atoms with Crippen LogP contribution in [0.15, 0.2) is 48.8 Å². The Morgan fingerprint density at radius 3 is 2.63 bits per heavy atom. The van der Waals surface area contributed by atoms with Crippen LogP contribution in [-0.2, 0) is 0 Å². The highest BCUT2D eigenvalue weighted by Gasteiger charge is 2.24. The molecule has 1 saturated carbocycles. The maximum absolute atomic E-state index is 12.7. The maximum Gasteiger partial charge on any atom is 0.251 e. The smallest absolute Gasteiger partial charge is 0.251 e. The lowest BCUT2D eigenvalue weighted by Gasteiger charge is -2.14. The molecule has 1 aliphatic carbocycles. The number of aromatic nitrogens is 3. The number of benzene rings is 1. The van der Waals surface area contributed by atoms with Crippen molar-refractivity contribution < 1.29 is 4.79 Å². The summed E-state index contributed by atoms with van der Waals surface area (Å²) < 4.78 is 1.96. The number of amides is 1. The van der Waals surface area contributed by atoms with Gasteiger partial charge in [-0.2, -0.15) is 5.10 Å². The molecule has 0 aliphatic heterocycles. The van der Waals surface area contributed by atoms with Crippen LogP contribution in [0.1, 0.15) is 43.1 Å². The van der Waals surface area contributed by atoms with E-state index in [-0.39, 0.29) is 11.9 Å². The first-order valence-electron chi connectivity index (χ1n) is 9.13. The fraction of sp³-hybridized carbons (Fsp3) is 0.286. The zero-order valence-electron chi connectivity index (χ0n) is 15.3. The van der Waals surface area contributed by atoms with Gasteiger partial charge in [0.25, 0.3) is 5.91 Å². The Bertz CT molecular complexity index is 974. The van der Waals surface area contributed by atoms with Gasteiger partial charge in [-0.3, -0.25) is 14.5 Å². The predicted octanol–water partition coefficient (Wildman–Crippen LogP) is 4.74. The molecule has 1 N–H and O–H groups in total. The van der Waals surface area contributed by atoms with E-state index in [1.54, 1.807) is 18.5 Å². The Hall–Kier alpha value is -2.66. The molecule has 0 atom stereocenters. The molecular weight excluding hydrogens is 360 g/mol. The number of nitrogens with one attached hydrogen (secondary N) is 1. The first kappa shape index (κ1) is 17.7. The van der Waals surface area contributed by atoms with Gasteiger partial charge in [0.1, 0.15) is 0 Å². The molecule has 3 aromatic rings. The van der Waals surface area contributed by atoms with Crippen LogP contribution in [0.3, 0.4) is 0 Å². The molecule has 1 aromatic carbocycles. The summed E-state index contributed by atoms with van der Waals surface area (Å²) in [6.45, 7) is 4.17. The first-order chi connectivity index (χ1) is 13.0. The molecule has 2 aromatic heterocycles. The van der Waals surface area contributed by atoms with Crippen LogP contribution >= 0.6 is 11.6 Å². The van der Waals surface area contributed by atoms with Crippen molar-refractivity contribution in [2.75, 3.05) is 0 Å². The van der Waals surface area contributed by atoms with E-state index in [1.807, 2.05) is 35.0 Å². The number of nitrogens with zero attached hydrogens (tertiary/aromatic N) is 3. The molecule has 6 heteroatoms. The number of carbonyl (C=O) groups is 1. The van der Waals surface area contributed by atoms with Crippen LogP contribution in [0.2, 0.25) is 5.02 Å². The molecule has 0 radical (unpaired) electrons. The van der Waals surface area contributed by atoms with Crippen molar-refractivity contribution in [2.24, 2.45) is 0 Å². The largest absolute Gasteiger partial charge is 0.349 e. The SMILES string of the molecule is CC(C)n1nccc1-c1cc(C(=O)NC2CC2)cc(-c2ccc(Cl)cn2)c1. The van der Waals surface area contributed by atoms with Crippen molar-refractivity contribution in [3.05, 3.63) is 59.4 Å². The van der Waals surface area contributed by atoms with Crippen LogP contribution in [0.25, 0.3) is 22.5 Å². The summed E-state index contributed by atoms with van der Waals surface area (Å²) in [5, 5.41) is 8.07. The third-order valence-corrected chi connectivity index (χ3v) is 4.81. The van der Waals surface area contributed by atoms with E-state index in [1.165, 1.54) is 0 Å². The van der Waals surface area contributed by atoms with Crippen molar-refractivity contribution in [3.63, 3.8) is 0 Å². The Kier molecular flexibility index (Phi) is 4.70. The number of hydrogen-bond acceptors (Lipinski definition) is 3. The van der Waals surface area contributed by atoms with Crippen LogP contribution in [-0.4, -0.2) is 26.7 Å². The molecule has 1 fully saturated rings. The zero-order chi connectivity index (χ0) is 19.0. The third-order valence-electron chi connectivity index (χ3n) is 4.59. The van der Waals surface area contributed by atoms with E-state index < -0.39 is 0 Å². The minimum absolute atomic E-state index is 0.0508. The van der Waals surface area contributed by atoms with Gasteiger partial charge in [0.15, 0.2) is 0 Å². The van der Waals surface area contributed by atoms with Gasteiger partial charge in [0.2, 0.25) is 0 Å². The lowest BCUT2D eigenvalue weighted by atomic mass is 10.0. The third kappa shape index (κ3) is 3.88. The number of carbonyl (C=O) groups excluding carboxylic acids is 1. The minimum atomic E-state index is -0.0508. The van der Waals surface area contributed by atoms with Gasteiger partial charge in [0, 0.05) is 41.2 Å². The van der Waals surface area contributed by atoms with E-state index >= 15 is 0 Å². The van der Waals surface area contributed by atoms with Gasteiger partial charge in [-0.1, -0.05) is 11.6 Å². The average Bonchev–Trinajstić information content (AvgIpc) is 3.32. The van der Waals surface area contributed by atoms with Gasteiger partial charge >= 0.3 is 0 Å². The minimum Gasteiger partial charge on any atom is -0.349 e. The molecule has 4 rings (SSSR count). The van der Waals surface area contributed by atoms with Crippen molar-refractivity contribution in [2.45, 2.75) is 38.8 Å². The van der Waals surface area contributed by atoms with Crippen LogP contribution < -0.4 is 5.32 Å². The highest BCUT2D eigenvalue weighted by molar-refractivity contribution is 6.30. The summed E-state index contributed by atoms with van der Waals surface area (Å²) >= 11 is 5.97. The molecule has 0 spiro atoms. The second kappa shape index (κ2) is 7.16. The monoisotopic (exact) mass is 380 g/mol. The van der Waals surface area contributed by atoms with E-state index in [0.717, 1.165) is 35.4 Å². The van der Waals surface area contributed by atoms with Gasteiger partial charge in [-0.15, -0.1) is 0 Å². The Morgan fingerprint density at radius 1 is 1.19 bits per heavy atom. The standard InChI is InChI=1S/C21H21ClN4O/c1-13(2)26-20(7-8-24-26)15-9-14(19-6-3-17(22)12-23-19)10-16(11-15)21(27)25-18-4-5-18/h3,6-13,18H,4-5H2,1-2H3,(H,25,27). The number of pyridine rings is 1. The summed E-state index contributed by atoms with van der Waals surface area (Å²) in [7, 11) is 0. The average molecular weight is 381 g/mol. The van der Waals surface area contributed by atoms with E-state index in [0.29, 0.717) is 16.6 Å². The summed E-state index contributed by atoms with van der Waals surface area (Å²) in [4.78, 5) is 17.1. The Balaban J connectivity index is 1.81. The van der Waals surface area contributed by atoms with Gasteiger partial charge in [-0.25, -0.2) is 0 Å². The second-order valence-electron chi connectivity index (χ2n) is 7.16. The summed E-state index contributed by atoms with van der Waals surface area (Å²) in [6, 6.07) is 12.0. The molecule has 5 nitrogen and oxygen atoms in total. The van der Waals surface area contributed by atoms with E-state index in [9.17, 15) is 4.79 Å². The number of hydrogen-bond donors (Lipinski definition) is 1. The number of rotatable bonds is 5. The second-order valence-corrected chi connectivity index (χ2v) is 7.60. The van der Waals surface area contributed by atoms with Crippen LogP contribution in [0.4, 0.5) is 0 Å².